The Morgan fingerprint density at radius 3 is 2.56 bits per heavy atom. The molecule has 34 heavy (non-hydrogen) atoms. The lowest BCUT2D eigenvalue weighted by atomic mass is 10.00. The summed E-state index contributed by atoms with van der Waals surface area (Å²) in [6.07, 6.45) is 1.78. The van der Waals surface area contributed by atoms with Gasteiger partial charge in [0.1, 0.15) is 5.69 Å². The van der Waals surface area contributed by atoms with E-state index < -0.39 is 0 Å². The highest BCUT2D eigenvalue weighted by Gasteiger charge is 2.14. The van der Waals surface area contributed by atoms with Crippen molar-refractivity contribution in [2.45, 2.75) is 13.5 Å². The fraction of sp³-hybridized carbons (Fsp3) is 0.0833. The second kappa shape index (κ2) is 9.13. The normalized spacial score (nSPS) is 10.6. The molecule has 168 valence electrons. The number of anilines is 2. The lowest BCUT2D eigenvalue weighted by molar-refractivity contribution is 0.640. The van der Waals surface area contributed by atoms with Gasteiger partial charge >= 0.3 is 0 Å². The number of halogens is 1. The second-order valence-corrected chi connectivity index (χ2v) is 7.61. The summed E-state index contributed by atoms with van der Waals surface area (Å²) in [5.74, 6) is 0.116. The molecule has 4 N–H and O–H groups in total. The Morgan fingerprint density at radius 2 is 1.74 bits per heavy atom. The molecule has 2 aromatic carbocycles. The van der Waals surface area contributed by atoms with Crippen LogP contribution in [0.3, 0.4) is 0 Å². The van der Waals surface area contributed by atoms with Gasteiger partial charge in [0.05, 0.1) is 52.7 Å². The minimum atomic E-state index is 0. The van der Waals surface area contributed by atoms with Crippen LogP contribution in [0.25, 0.3) is 33.5 Å². The molecule has 5 rings (SSSR count). The summed E-state index contributed by atoms with van der Waals surface area (Å²) in [6.45, 7) is 2.31. The zero-order valence-corrected chi connectivity index (χ0v) is 19.0. The van der Waals surface area contributed by atoms with Crippen molar-refractivity contribution in [2.24, 2.45) is 0 Å². The van der Waals surface area contributed by atoms with Crippen LogP contribution < -0.4 is 11.5 Å². The number of fused-ring (bicyclic) bond motifs is 1. The first-order valence-corrected chi connectivity index (χ1v) is 10.2. The average Bonchev–Trinajstić information content (AvgIpc) is 3.28. The van der Waals surface area contributed by atoms with Gasteiger partial charge in [0, 0.05) is 10.9 Å². The number of aromatic nitrogens is 6. The van der Waals surface area contributed by atoms with Crippen LogP contribution in [0.1, 0.15) is 16.8 Å². The summed E-state index contributed by atoms with van der Waals surface area (Å²) < 4.78 is 1.68. The van der Waals surface area contributed by atoms with Crippen molar-refractivity contribution in [1.82, 2.24) is 29.9 Å². The van der Waals surface area contributed by atoms with Crippen molar-refractivity contribution < 1.29 is 0 Å². The van der Waals surface area contributed by atoms with Gasteiger partial charge in [0.25, 0.3) is 0 Å². The molecular weight excluding hydrogens is 450 g/mol. The highest BCUT2D eigenvalue weighted by atomic mass is 35.5. The number of nitrogens with zero attached hydrogens (tertiary/aromatic N) is 7. The van der Waals surface area contributed by atoms with E-state index in [0.717, 1.165) is 27.7 Å². The standard InChI is InChI=1S/C24H19N9.ClH/c1-14-16(11-25)5-2-6-18(14)20-10-21(30-24(27)29-20)22-13-33(32-31-22)12-17-9-8-15-4-3-7-19(26)23(15)28-17;/h2-10,13H,12,26H2,1H3,(H2,27,29,30);1H. The molecule has 0 aliphatic carbocycles. The first-order chi connectivity index (χ1) is 16.0. The van der Waals surface area contributed by atoms with Gasteiger partial charge in [-0.15, -0.1) is 17.5 Å². The Kier molecular flexibility index (Phi) is 6.08. The molecule has 0 saturated heterocycles. The van der Waals surface area contributed by atoms with Gasteiger partial charge in [-0.05, 0) is 36.8 Å². The zero-order valence-electron chi connectivity index (χ0n) is 18.2. The van der Waals surface area contributed by atoms with E-state index in [0.29, 0.717) is 34.9 Å². The number of nitrogen functional groups attached to an aromatic ring is 2. The fourth-order valence-electron chi connectivity index (χ4n) is 3.73. The molecule has 0 amide bonds. The predicted octanol–water partition coefficient (Wildman–Crippen LogP) is 3.76. The molecule has 0 unspecified atom stereocenters. The van der Waals surface area contributed by atoms with E-state index >= 15 is 0 Å². The first kappa shape index (κ1) is 22.6. The van der Waals surface area contributed by atoms with E-state index in [2.05, 4.69) is 31.3 Å². The lowest BCUT2D eigenvalue weighted by Crippen LogP contribution is -2.03. The van der Waals surface area contributed by atoms with Gasteiger partial charge < -0.3 is 11.5 Å². The Hall–Kier alpha value is -4.55. The highest BCUT2D eigenvalue weighted by molar-refractivity contribution is 5.89. The highest BCUT2D eigenvalue weighted by Crippen LogP contribution is 2.27. The van der Waals surface area contributed by atoms with E-state index in [1.807, 2.05) is 49.4 Å². The minimum absolute atomic E-state index is 0. The van der Waals surface area contributed by atoms with Crippen molar-refractivity contribution in [2.75, 3.05) is 11.5 Å². The number of nitrogens with two attached hydrogens (primary N) is 2. The van der Waals surface area contributed by atoms with Crippen molar-refractivity contribution >= 4 is 34.9 Å². The number of rotatable bonds is 4. The zero-order chi connectivity index (χ0) is 22.9. The smallest absolute Gasteiger partial charge is 0.221 e. The number of para-hydroxylation sites is 1. The van der Waals surface area contributed by atoms with Crippen LogP contribution in [0.4, 0.5) is 11.6 Å². The molecule has 0 atom stereocenters. The molecule has 0 bridgehead atoms. The molecule has 10 heteroatoms. The maximum absolute atomic E-state index is 9.33. The number of nitriles is 1. The largest absolute Gasteiger partial charge is 0.397 e. The van der Waals surface area contributed by atoms with Crippen LogP contribution in [0.5, 0.6) is 0 Å². The maximum atomic E-state index is 9.33. The second-order valence-electron chi connectivity index (χ2n) is 7.61. The van der Waals surface area contributed by atoms with Gasteiger partial charge in [0.15, 0.2) is 0 Å². The van der Waals surface area contributed by atoms with Crippen molar-refractivity contribution in [3.05, 3.63) is 77.6 Å². The third-order valence-corrected chi connectivity index (χ3v) is 5.41. The Balaban J connectivity index is 0.00000274. The number of hydrogen-bond acceptors (Lipinski definition) is 8. The third kappa shape index (κ3) is 4.22. The quantitative estimate of drug-likeness (QED) is 0.378. The summed E-state index contributed by atoms with van der Waals surface area (Å²) in [5.41, 5.74) is 18.2. The Bertz CT molecular complexity index is 1550. The summed E-state index contributed by atoms with van der Waals surface area (Å²) in [6, 6.07) is 19.1. The number of pyridine rings is 1. The van der Waals surface area contributed by atoms with E-state index in [-0.39, 0.29) is 18.4 Å². The molecule has 3 heterocycles. The van der Waals surface area contributed by atoms with Gasteiger partial charge in [-0.3, -0.25) is 0 Å². The molecule has 0 radical (unpaired) electrons. The third-order valence-electron chi connectivity index (χ3n) is 5.41. The summed E-state index contributed by atoms with van der Waals surface area (Å²) in [7, 11) is 0. The molecule has 0 saturated carbocycles. The molecule has 5 aromatic rings. The van der Waals surface area contributed by atoms with E-state index in [1.165, 1.54) is 0 Å². The van der Waals surface area contributed by atoms with Crippen LogP contribution in [0, 0.1) is 18.3 Å². The van der Waals surface area contributed by atoms with Gasteiger partial charge in [-0.1, -0.05) is 35.5 Å². The molecule has 0 spiro atoms. The summed E-state index contributed by atoms with van der Waals surface area (Å²) in [5, 5.41) is 18.8. The van der Waals surface area contributed by atoms with Gasteiger partial charge in [-0.2, -0.15) is 5.26 Å². The fourth-order valence-corrected chi connectivity index (χ4v) is 3.73. The molecule has 9 nitrogen and oxygen atoms in total. The number of benzene rings is 2. The minimum Gasteiger partial charge on any atom is -0.397 e. The molecule has 0 aliphatic rings. The summed E-state index contributed by atoms with van der Waals surface area (Å²) >= 11 is 0. The topological polar surface area (TPSA) is 145 Å². The van der Waals surface area contributed by atoms with E-state index in [4.69, 9.17) is 11.5 Å². The molecular formula is C24H20ClN9. The molecule has 0 aliphatic heterocycles. The van der Waals surface area contributed by atoms with Crippen LogP contribution in [-0.2, 0) is 6.54 Å². The number of hydrogen-bond donors (Lipinski definition) is 2. The van der Waals surface area contributed by atoms with Crippen LogP contribution in [-0.4, -0.2) is 29.9 Å². The average molecular weight is 470 g/mol. The molecule has 0 fully saturated rings. The summed E-state index contributed by atoms with van der Waals surface area (Å²) in [4.78, 5) is 13.3. The van der Waals surface area contributed by atoms with Gasteiger partial charge in [-0.25, -0.2) is 19.6 Å². The van der Waals surface area contributed by atoms with Crippen molar-refractivity contribution in [3.8, 4) is 28.7 Å². The van der Waals surface area contributed by atoms with E-state index in [1.54, 1.807) is 23.0 Å². The van der Waals surface area contributed by atoms with Crippen LogP contribution in [0.2, 0.25) is 0 Å². The van der Waals surface area contributed by atoms with Crippen LogP contribution >= 0.6 is 12.4 Å². The lowest BCUT2D eigenvalue weighted by Gasteiger charge is -2.08. The van der Waals surface area contributed by atoms with Gasteiger partial charge in [0.2, 0.25) is 5.95 Å². The monoisotopic (exact) mass is 469 g/mol. The Labute approximate surface area is 201 Å². The van der Waals surface area contributed by atoms with Crippen LogP contribution in [0.15, 0.2) is 60.8 Å². The predicted molar refractivity (Wildman–Crippen MR) is 133 cm³/mol. The van der Waals surface area contributed by atoms with Crippen molar-refractivity contribution in [3.63, 3.8) is 0 Å². The SMILES string of the molecule is Cc1c(C#N)cccc1-c1cc(-c2cn(Cc3ccc4cccc(N)c4n3)nn2)nc(N)n1.Cl. The Morgan fingerprint density at radius 1 is 0.941 bits per heavy atom. The van der Waals surface area contributed by atoms with E-state index in [9.17, 15) is 5.26 Å². The maximum Gasteiger partial charge on any atom is 0.221 e. The van der Waals surface area contributed by atoms with Crippen molar-refractivity contribution in [1.29, 1.82) is 5.26 Å². The molecule has 3 aromatic heterocycles. The first-order valence-electron chi connectivity index (χ1n) is 10.2.